The Balaban J connectivity index is 0.794. The molecule has 438 valence electrons. The standard InChI is InChI=1S/C88H46N8/c1-3-19-70-67(17-1)68-37-38-72-81(82(68)96(70)88-93-85(65-43-59-33-25-51-13-7-14-52-26-34-60(44-65)79(59)75(51)52)90-86(94-88)66-45-61-35-27-53-15-8-16-54-28-36-62(46-66)80(61)76(53)54)69-18-2-4-20-71(69)95(72)87-91-83(63-39-55-29-21-47-9-5-10-48-22-30-56(40-63)77(55)73(47)48)89-84(92-87)64-41-57-31-23-49-11-6-12-50-24-32-58(42-64)78(57)74(49)50/h1-46H. The molecule has 0 saturated heterocycles. The van der Waals surface area contributed by atoms with Crippen molar-refractivity contribution in [1.82, 2.24) is 39.0 Å². The van der Waals surface area contributed by atoms with Gasteiger partial charge in [0.2, 0.25) is 11.9 Å². The molecule has 0 radical (unpaired) electrons. The van der Waals surface area contributed by atoms with Gasteiger partial charge in [0.15, 0.2) is 23.3 Å². The SMILES string of the molecule is c1cc2ccc3cc(-c4nc(-c5cc6ccc7cccc8ccc(c5)c6c78)nc(-n5c6ccccc6c6c5ccc5c7ccccc7n(-c7nc(-c8cc9ccc%10cccc%11ccc(c8)c9c%10%11)nc(-c8cc9ccc%10cccc%11ccc(c8)c9c%10%11)n7)c56)n4)cc4ccc(c1)c2c34. The molecule has 8 nitrogen and oxygen atoms in total. The van der Waals surface area contributed by atoms with Gasteiger partial charge < -0.3 is 0 Å². The first-order valence-electron chi connectivity index (χ1n) is 32.7. The quantitative estimate of drug-likeness (QED) is 0.154. The third kappa shape index (κ3) is 6.90. The molecule has 23 aromatic rings. The minimum absolute atomic E-state index is 0.506. The molecule has 0 saturated carbocycles. The molecule has 0 aliphatic carbocycles. The summed E-state index contributed by atoms with van der Waals surface area (Å²) in [6, 6.07) is 102. The first-order valence-corrected chi connectivity index (χ1v) is 32.7. The van der Waals surface area contributed by atoms with Crippen LogP contribution in [0.5, 0.6) is 0 Å². The average molecular weight is 1220 g/mol. The van der Waals surface area contributed by atoms with Crippen LogP contribution >= 0.6 is 0 Å². The predicted octanol–water partition coefficient (Wildman–Crippen LogP) is 22.5. The maximum absolute atomic E-state index is 5.69. The number of nitrogens with zero attached hydrogens (tertiary/aromatic N) is 8. The smallest absolute Gasteiger partial charge is 0.238 e. The highest BCUT2D eigenvalue weighted by Gasteiger charge is 2.27. The Morgan fingerprint density at radius 1 is 0.177 bits per heavy atom. The van der Waals surface area contributed by atoms with Gasteiger partial charge in [-0.25, -0.2) is 9.97 Å². The summed E-state index contributed by atoms with van der Waals surface area (Å²) in [6.07, 6.45) is 0. The average Bonchev–Trinajstić information content (AvgIpc) is 1.50. The van der Waals surface area contributed by atoms with E-state index in [9.17, 15) is 0 Å². The van der Waals surface area contributed by atoms with Gasteiger partial charge in [-0.05, 0) is 196 Å². The molecule has 0 amide bonds. The lowest BCUT2D eigenvalue weighted by Crippen LogP contribution is -2.07. The minimum Gasteiger partial charge on any atom is -0.278 e. The van der Waals surface area contributed by atoms with Crippen molar-refractivity contribution < 1.29 is 0 Å². The van der Waals surface area contributed by atoms with Crippen LogP contribution in [0, 0.1) is 0 Å². The lowest BCUT2D eigenvalue weighted by Gasteiger charge is -2.15. The highest BCUT2D eigenvalue weighted by molar-refractivity contribution is 6.29. The molecule has 0 spiro atoms. The molecular formula is C88H46N8. The number of hydrogen-bond donors (Lipinski definition) is 0. The van der Waals surface area contributed by atoms with Gasteiger partial charge >= 0.3 is 0 Å². The predicted molar refractivity (Wildman–Crippen MR) is 398 cm³/mol. The Morgan fingerprint density at radius 2 is 0.448 bits per heavy atom. The van der Waals surface area contributed by atoms with Crippen molar-refractivity contribution in [1.29, 1.82) is 0 Å². The molecule has 0 unspecified atom stereocenters. The van der Waals surface area contributed by atoms with Gasteiger partial charge in [0.25, 0.3) is 0 Å². The van der Waals surface area contributed by atoms with Crippen LogP contribution in [0.25, 0.3) is 230 Å². The fourth-order valence-electron chi connectivity index (χ4n) is 16.9. The molecule has 0 aliphatic heterocycles. The summed E-state index contributed by atoms with van der Waals surface area (Å²) >= 11 is 0. The highest BCUT2D eigenvalue weighted by atomic mass is 15.2. The van der Waals surface area contributed by atoms with Crippen LogP contribution in [-0.4, -0.2) is 39.0 Å². The topological polar surface area (TPSA) is 87.2 Å². The van der Waals surface area contributed by atoms with E-state index < -0.39 is 0 Å². The van der Waals surface area contributed by atoms with E-state index in [-0.39, 0.29) is 0 Å². The van der Waals surface area contributed by atoms with Crippen molar-refractivity contribution in [2.45, 2.75) is 0 Å². The molecule has 0 atom stereocenters. The number of rotatable bonds is 6. The van der Waals surface area contributed by atoms with Gasteiger partial charge in [-0.15, -0.1) is 0 Å². The van der Waals surface area contributed by atoms with Crippen LogP contribution in [0.1, 0.15) is 0 Å². The third-order valence-corrected chi connectivity index (χ3v) is 21.0. The van der Waals surface area contributed by atoms with Crippen molar-refractivity contribution in [3.8, 4) is 57.4 Å². The number of aromatic nitrogens is 8. The molecule has 96 heavy (non-hydrogen) atoms. The maximum atomic E-state index is 5.69. The van der Waals surface area contributed by atoms with Crippen LogP contribution in [0.3, 0.4) is 0 Å². The second-order valence-corrected chi connectivity index (χ2v) is 26.2. The fraction of sp³-hybridized carbons (Fsp3) is 0. The normalized spacial score (nSPS) is 12.6. The Morgan fingerprint density at radius 3 is 0.781 bits per heavy atom. The Hall–Kier alpha value is -13.0. The summed E-state index contributed by atoms with van der Waals surface area (Å²) in [5.74, 6) is 3.33. The van der Waals surface area contributed by atoms with Gasteiger partial charge in [0.1, 0.15) is 0 Å². The highest BCUT2D eigenvalue weighted by Crippen LogP contribution is 2.46. The monoisotopic (exact) mass is 1210 g/mol. The fourth-order valence-corrected chi connectivity index (χ4v) is 16.9. The molecule has 8 heteroatoms. The third-order valence-electron chi connectivity index (χ3n) is 21.0. The van der Waals surface area contributed by atoms with Gasteiger partial charge in [-0.1, -0.05) is 212 Å². The molecule has 0 bridgehead atoms. The number of fused-ring (bicyclic) bond motifs is 7. The molecule has 4 aromatic heterocycles. The number of para-hydroxylation sites is 2. The molecule has 0 aliphatic rings. The van der Waals surface area contributed by atoms with E-state index in [4.69, 9.17) is 29.9 Å². The molecular weight excluding hydrogens is 1170 g/mol. The van der Waals surface area contributed by atoms with Gasteiger partial charge in [-0.3, -0.25) is 9.13 Å². The zero-order chi connectivity index (χ0) is 62.2. The van der Waals surface area contributed by atoms with E-state index >= 15 is 0 Å². The number of hydrogen-bond acceptors (Lipinski definition) is 6. The first kappa shape index (κ1) is 50.6. The molecule has 4 heterocycles. The second-order valence-electron chi connectivity index (χ2n) is 26.2. The molecule has 0 N–H and O–H groups in total. The maximum Gasteiger partial charge on any atom is 0.238 e. The summed E-state index contributed by atoms with van der Waals surface area (Å²) in [5.41, 5.74) is 7.43. The van der Waals surface area contributed by atoms with Crippen molar-refractivity contribution in [2.24, 2.45) is 0 Å². The van der Waals surface area contributed by atoms with Crippen LogP contribution < -0.4 is 0 Å². The molecule has 0 fully saturated rings. The summed E-state index contributed by atoms with van der Waals surface area (Å²) < 4.78 is 4.53. The van der Waals surface area contributed by atoms with Crippen molar-refractivity contribution in [2.75, 3.05) is 0 Å². The van der Waals surface area contributed by atoms with E-state index in [1.54, 1.807) is 0 Å². The second kappa shape index (κ2) is 18.4. The summed E-state index contributed by atoms with van der Waals surface area (Å²) in [4.78, 5) is 33.8. The van der Waals surface area contributed by atoms with Crippen LogP contribution in [0.4, 0.5) is 0 Å². The largest absolute Gasteiger partial charge is 0.278 e. The van der Waals surface area contributed by atoms with E-state index in [0.29, 0.717) is 35.2 Å². The van der Waals surface area contributed by atoms with Crippen LogP contribution in [0.15, 0.2) is 279 Å². The van der Waals surface area contributed by atoms with Gasteiger partial charge in [0, 0.05) is 43.8 Å². The first-order chi connectivity index (χ1) is 47.5. The Labute approximate surface area is 545 Å². The van der Waals surface area contributed by atoms with E-state index in [1.165, 1.54) is 86.2 Å². The number of benzene rings is 19. The summed E-state index contributed by atoms with van der Waals surface area (Å²) in [5, 5.41) is 33.1. The van der Waals surface area contributed by atoms with E-state index in [2.05, 4.69) is 288 Å². The Bertz CT molecular complexity index is 6760. The molecule has 23 rings (SSSR count). The summed E-state index contributed by atoms with van der Waals surface area (Å²) in [7, 11) is 0. The van der Waals surface area contributed by atoms with Crippen LogP contribution in [-0.2, 0) is 0 Å². The van der Waals surface area contributed by atoms with E-state index in [1.807, 2.05) is 0 Å². The molecule has 19 aromatic carbocycles. The van der Waals surface area contributed by atoms with Gasteiger partial charge in [0.05, 0.1) is 22.1 Å². The van der Waals surface area contributed by atoms with E-state index in [0.717, 1.165) is 109 Å². The van der Waals surface area contributed by atoms with Crippen LogP contribution in [0.2, 0.25) is 0 Å². The lowest BCUT2D eigenvalue weighted by atomic mass is 9.92. The van der Waals surface area contributed by atoms with Crippen molar-refractivity contribution in [3.63, 3.8) is 0 Å². The zero-order valence-electron chi connectivity index (χ0n) is 51.1. The zero-order valence-corrected chi connectivity index (χ0v) is 51.1. The lowest BCUT2D eigenvalue weighted by molar-refractivity contribution is 0.952. The Kier molecular flexibility index (Phi) is 9.69. The van der Waals surface area contributed by atoms with Gasteiger partial charge in [-0.2, -0.15) is 19.9 Å². The van der Waals surface area contributed by atoms with Crippen molar-refractivity contribution in [3.05, 3.63) is 279 Å². The summed E-state index contributed by atoms with van der Waals surface area (Å²) in [6.45, 7) is 0. The van der Waals surface area contributed by atoms with Crippen molar-refractivity contribution >= 4 is 173 Å². The minimum atomic E-state index is 0.506.